The molecule has 1 amide bonds. The maximum atomic E-state index is 15.4. The van der Waals surface area contributed by atoms with Crippen LogP contribution in [0, 0.1) is 11.7 Å². The van der Waals surface area contributed by atoms with E-state index in [1.807, 2.05) is 42.9 Å². The molecule has 1 aliphatic rings. The van der Waals surface area contributed by atoms with E-state index in [-0.39, 0.29) is 44.4 Å². The molecule has 0 fully saturated rings. The first kappa shape index (κ1) is 27.9. The Hall–Kier alpha value is -4.28. The normalized spacial score (nSPS) is 17.2. The van der Waals surface area contributed by atoms with Crippen LogP contribution in [0.1, 0.15) is 43.4 Å². The summed E-state index contributed by atoms with van der Waals surface area (Å²) in [6, 6.07) is 9.83. The third-order valence-corrected chi connectivity index (χ3v) is 8.05. The van der Waals surface area contributed by atoms with E-state index in [9.17, 15) is 9.59 Å². The molecule has 4 aromatic heterocycles. The number of anilines is 1. The first-order chi connectivity index (χ1) is 20.2. The lowest BCUT2D eigenvalue weighted by Crippen LogP contribution is -2.22. The van der Waals surface area contributed by atoms with Crippen molar-refractivity contribution in [2.75, 3.05) is 5.32 Å². The Morgan fingerprint density at radius 2 is 1.95 bits per heavy atom. The second-order valence-electron chi connectivity index (χ2n) is 10.3. The van der Waals surface area contributed by atoms with Gasteiger partial charge in [0.05, 0.1) is 40.1 Å². The molecule has 2 atom stereocenters. The van der Waals surface area contributed by atoms with Crippen LogP contribution in [0.15, 0.2) is 70.5 Å². The highest BCUT2D eigenvalue weighted by molar-refractivity contribution is 6.31. The molecule has 1 aromatic carbocycles. The summed E-state index contributed by atoms with van der Waals surface area (Å²) in [4.78, 5) is 31.3. The van der Waals surface area contributed by atoms with Crippen molar-refractivity contribution in [1.82, 2.24) is 24.5 Å². The third kappa shape index (κ3) is 5.12. The summed E-state index contributed by atoms with van der Waals surface area (Å²) >= 11 is 12.0. The molecule has 2 bridgehead atoms. The van der Waals surface area contributed by atoms with Gasteiger partial charge in [-0.25, -0.2) is 9.07 Å². The van der Waals surface area contributed by atoms with Crippen LogP contribution in [0.3, 0.4) is 0 Å². The minimum atomic E-state index is -0.775. The van der Waals surface area contributed by atoms with Crippen molar-refractivity contribution in [3.8, 4) is 28.3 Å². The van der Waals surface area contributed by atoms with Crippen LogP contribution < -0.4 is 10.7 Å². The van der Waals surface area contributed by atoms with Gasteiger partial charge in [-0.05, 0) is 43.2 Å². The molecule has 0 radical (unpaired) electrons. The van der Waals surface area contributed by atoms with Crippen LogP contribution in [0.25, 0.3) is 28.3 Å². The van der Waals surface area contributed by atoms with Gasteiger partial charge in [0.2, 0.25) is 5.91 Å². The summed E-state index contributed by atoms with van der Waals surface area (Å²) in [5.74, 6) is -1.53. The number of carbonyl (C=O) groups is 1. The van der Waals surface area contributed by atoms with E-state index in [1.165, 1.54) is 35.3 Å². The number of benzene rings is 1. The van der Waals surface area contributed by atoms with E-state index in [2.05, 4.69) is 20.6 Å². The topological polar surface area (TPSA) is 108 Å². The number of nitrogens with zero attached hydrogens (tertiary/aromatic N) is 5. The van der Waals surface area contributed by atoms with Gasteiger partial charge in [-0.15, -0.1) is 5.10 Å². The molecule has 1 aliphatic heterocycles. The Morgan fingerprint density at radius 3 is 2.71 bits per heavy atom. The van der Waals surface area contributed by atoms with Crippen molar-refractivity contribution < 1.29 is 13.6 Å². The molecule has 42 heavy (non-hydrogen) atoms. The Morgan fingerprint density at radius 1 is 1.12 bits per heavy atom. The number of aryl methyl sites for hydroxylation is 1. The van der Waals surface area contributed by atoms with Crippen LogP contribution in [-0.2, 0) is 11.8 Å². The number of nitrogens with one attached hydrogen (secondary N) is 1. The second kappa shape index (κ2) is 11.2. The van der Waals surface area contributed by atoms with Crippen LogP contribution in [0.4, 0.5) is 10.1 Å². The number of hydrogen-bond donors (Lipinski definition) is 1. The summed E-state index contributed by atoms with van der Waals surface area (Å²) in [6.45, 7) is 1.89. The molecule has 2 unspecified atom stereocenters. The highest BCUT2D eigenvalue weighted by Crippen LogP contribution is 2.37. The SMILES string of the molecule is CC1CCCC(c2coc(-c3c(-n4cc(Cl)nn4)ccc(Cl)c3F)cc2=O)c2cc(ccn2)-c2c(ccn2C)NC1=O. The molecule has 9 nitrogen and oxygen atoms in total. The van der Waals surface area contributed by atoms with Gasteiger partial charge >= 0.3 is 0 Å². The summed E-state index contributed by atoms with van der Waals surface area (Å²) in [6.07, 6.45) is 8.16. The summed E-state index contributed by atoms with van der Waals surface area (Å²) in [7, 11) is 1.90. The first-order valence-corrected chi connectivity index (χ1v) is 14.1. The van der Waals surface area contributed by atoms with Gasteiger partial charge < -0.3 is 14.3 Å². The maximum Gasteiger partial charge on any atom is 0.227 e. The third-order valence-electron chi connectivity index (χ3n) is 7.59. The van der Waals surface area contributed by atoms with E-state index < -0.39 is 11.7 Å². The number of carbonyl (C=O) groups excluding carboxylic acids is 1. The predicted octanol–water partition coefficient (Wildman–Crippen LogP) is 6.62. The number of halogens is 3. The van der Waals surface area contributed by atoms with Crippen molar-refractivity contribution in [3.63, 3.8) is 0 Å². The number of fused-ring (bicyclic) bond motifs is 4. The molecule has 6 rings (SSSR count). The lowest BCUT2D eigenvalue weighted by Gasteiger charge is -2.20. The van der Waals surface area contributed by atoms with Crippen molar-refractivity contribution >= 4 is 34.8 Å². The molecule has 0 saturated heterocycles. The quantitative estimate of drug-likeness (QED) is 0.247. The highest BCUT2D eigenvalue weighted by Gasteiger charge is 2.26. The summed E-state index contributed by atoms with van der Waals surface area (Å²) in [5, 5.41) is 10.7. The molecule has 0 saturated carbocycles. The molecule has 1 N–H and O–H groups in total. The largest absolute Gasteiger partial charge is 0.464 e. The van der Waals surface area contributed by atoms with Crippen LogP contribution >= 0.6 is 23.2 Å². The molecule has 12 heteroatoms. The van der Waals surface area contributed by atoms with E-state index in [1.54, 1.807) is 6.20 Å². The molecule has 0 spiro atoms. The van der Waals surface area contributed by atoms with Gasteiger partial charge in [0, 0.05) is 54.2 Å². The Balaban J connectivity index is 1.46. The fourth-order valence-corrected chi connectivity index (χ4v) is 5.67. The first-order valence-electron chi connectivity index (χ1n) is 13.3. The van der Waals surface area contributed by atoms with Gasteiger partial charge in [-0.3, -0.25) is 14.6 Å². The summed E-state index contributed by atoms with van der Waals surface area (Å²) < 4.78 is 24.5. The number of amides is 1. The fraction of sp³-hybridized carbons (Fsp3) is 0.233. The van der Waals surface area contributed by atoms with Crippen LogP contribution in [-0.4, -0.2) is 30.5 Å². The highest BCUT2D eigenvalue weighted by atomic mass is 35.5. The lowest BCUT2D eigenvalue weighted by atomic mass is 9.88. The molecular formula is C30H25Cl2FN6O3. The Labute approximate surface area is 249 Å². The van der Waals surface area contributed by atoms with E-state index in [0.29, 0.717) is 36.2 Å². The van der Waals surface area contributed by atoms with Gasteiger partial charge in [-0.2, -0.15) is 0 Å². The van der Waals surface area contributed by atoms with Crippen molar-refractivity contribution in [2.24, 2.45) is 13.0 Å². The van der Waals surface area contributed by atoms with Crippen LogP contribution in [0.2, 0.25) is 10.2 Å². The van der Waals surface area contributed by atoms with Crippen molar-refractivity contribution in [3.05, 3.63) is 98.7 Å². The van der Waals surface area contributed by atoms with E-state index >= 15 is 4.39 Å². The number of rotatable bonds is 3. The molecule has 214 valence electrons. The molecule has 0 aliphatic carbocycles. The molecular weight excluding hydrogens is 582 g/mol. The number of aromatic nitrogens is 5. The average molecular weight is 607 g/mol. The monoisotopic (exact) mass is 606 g/mol. The van der Waals surface area contributed by atoms with Gasteiger partial charge in [0.15, 0.2) is 16.4 Å². The Kier molecular flexibility index (Phi) is 7.42. The number of hydrogen-bond acceptors (Lipinski definition) is 6. The zero-order valence-corrected chi connectivity index (χ0v) is 24.2. The standard InChI is InChI=1S/C30H25Cl2FN6O3/c1-16-4-3-5-18(22-12-17(8-10-34-22)29-21(35-30(16)41)9-11-38(29)2)19-15-42-25(13-24(19)40)27-23(7-6-20(31)28(27)33)39-14-26(32)36-37-39/h6-16,18H,3-5H2,1-2H3,(H,35,41). The summed E-state index contributed by atoms with van der Waals surface area (Å²) in [5.41, 5.74) is 3.29. The van der Waals surface area contributed by atoms with Gasteiger partial charge in [0.1, 0.15) is 5.76 Å². The zero-order chi connectivity index (χ0) is 29.5. The Bertz CT molecular complexity index is 1880. The zero-order valence-electron chi connectivity index (χ0n) is 22.6. The molecule has 5 heterocycles. The average Bonchev–Trinajstić information content (AvgIpc) is 3.57. The van der Waals surface area contributed by atoms with Gasteiger partial charge in [-0.1, -0.05) is 41.8 Å². The van der Waals surface area contributed by atoms with Crippen molar-refractivity contribution in [2.45, 2.75) is 32.1 Å². The maximum absolute atomic E-state index is 15.4. The fourth-order valence-electron chi connectivity index (χ4n) is 5.39. The smallest absolute Gasteiger partial charge is 0.227 e. The number of pyridine rings is 1. The minimum Gasteiger partial charge on any atom is -0.464 e. The second-order valence-corrected chi connectivity index (χ2v) is 11.1. The molecule has 5 aromatic rings. The lowest BCUT2D eigenvalue weighted by molar-refractivity contribution is -0.119. The minimum absolute atomic E-state index is 0.0287. The van der Waals surface area contributed by atoms with E-state index in [0.717, 1.165) is 11.3 Å². The van der Waals surface area contributed by atoms with E-state index in [4.69, 9.17) is 27.6 Å². The van der Waals surface area contributed by atoms with Crippen molar-refractivity contribution in [1.29, 1.82) is 0 Å². The predicted molar refractivity (Wildman–Crippen MR) is 157 cm³/mol. The van der Waals surface area contributed by atoms with Crippen LogP contribution in [0.5, 0.6) is 0 Å². The van der Waals surface area contributed by atoms with Gasteiger partial charge in [0.25, 0.3) is 0 Å².